The molecule has 1 N–H and O–H groups in total. The maximum absolute atomic E-state index is 8.83. The lowest BCUT2D eigenvalue weighted by molar-refractivity contribution is 0.341. The molecule has 1 heteroatoms. The molecule has 0 atom stereocenters. The van der Waals surface area contributed by atoms with Gasteiger partial charge in [-0.25, -0.2) is 0 Å². The zero-order valence-corrected chi connectivity index (χ0v) is 6.94. The van der Waals surface area contributed by atoms with Crippen LogP contribution in [-0.2, 0) is 0 Å². The van der Waals surface area contributed by atoms with Gasteiger partial charge in [0.1, 0.15) is 0 Å². The van der Waals surface area contributed by atoms with Crippen LogP contribution in [0.2, 0.25) is 0 Å². The molecular formula is C10H18O. The van der Waals surface area contributed by atoms with Gasteiger partial charge in [-0.3, -0.25) is 0 Å². The number of allylic oxidation sites excluding steroid dienone is 3. The van der Waals surface area contributed by atoms with Gasteiger partial charge in [0.15, 0.2) is 0 Å². The third kappa shape index (κ3) is 7.34. The van der Waals surface area contributed by atoms with Gasteiger partial charge in [0, 0.05) is 6.85 Å². The van der Waals surface area contributed by atoms with Crippen LogP contribution in [0.4, 0.5) is 0 Å². The normalized spacial score (nSPS) is 22.8. The summed E-state index contributed by atoms with van der Waals surface area (Å²) in [5.74, 6) is 0. The highest BCUT2D eigenvalue weighted by Crippen LogP contribution is 2.05. The molecule has 0 aliphatic heterocycles. The Kier molecular flexibility index (Phi) is 2.19. The molecule has 0 saturated carbocycles. The van der Waals surface area contributed by atoms with Crippen LogP contribution < -0.4 is 0 Å². The largest absolute Gasteiger partial charge is 0.392 e. The fraction of sp³-hybridized carbons (Fsp3) is 0.600. The summed E-state index contributed by atoms with van der Waals surface area (Å²) in [5, 5.41) is 8.83. The van der Waals surface area contributed by atoms with Crippen molar-refractivity contribution < 1.29 is 13.3 Å². The van der Waals surface area contributed by atoms with E-state index in [0.717, 1.165) is 5.57 Å². The summed E-state index contributed by atoms with van der Waals surface area (Å²) >= 11 is 0. The molecule has 0 amide bonds. The van der Waals surface area contributed by atoms with E-state index in [2.05, 4.69) is 0 Å². The van der Waals surface area contributed by atoms with E-state index < -0.39 is 31.5 Å². The number of rotatable bonds is 4. The Labute approximate surface area is 77.9 Å². The molecule has 0 fully saturated rings. The maximum atomic E-state index is 8.83. The van der Waals surface area contributed by atoms with E-state index in [0.29, 0.717) is 0 Å². The monoisotopic (exact) mass is 160 g/mol. The highest BCUT2D eigenvalue weighted by Gasteiger charge is 1.86. The summed E-state index contributed by atoms with van der Waals surface area (Å²) in [6.07, 6.45) is -0.690. The molecule has 1 nitrogen and oxygen atoms in total. The number of aliphatic hydroxyl groups is 1. The average molecular weight is 160 g/mol. The fourth-order valence-electron chi connectivity index (χ4n) is 0.499. The Morgan fingerprint density at radius 3 is 2.91 bits per heavy atom. The van der Waals surface area contributed by atoms with Crippen LogP contribution in [0, 0.1) is 0 Å². The summed E-state index contributed by atoms with van der Waals surface area (Å²) < 4.78 is 44.6. The van der Waals surface area contributed by atoms with Crippen molar-refractivity contribution in [1.29, 1.82) is 0 Å². The molecular weight excluding hydrogens is 136 g/mol. The lowest BCUT2D eigenvalue weighted by atomic mass is 10.1. The lowest BCUT2D eigenvalue weighted by Crippen LogP contribution is -1.80. The number of hydrogen-bond donors (Lipinski definition) is 1. The summed E-state index contributed by atoms with van der Waals surface area (Å²) in [5.41, 5.74) is 0.249. The van der Waals surface area contributed by atoms with Gasteiger partial charge in [-0.2, -0.15) is 0 Å². The number of aliphatic hydroxyl groups excluding tert-OH is 1. The quantitative estimate of drug-likeness (QED) is 0.627. The second kappa shape index (κ2) is 6.17. The summed E-state index contributed by atoms with van der Waals surface area (Å²) in [6.45, 7) is 0.0752. The molecule has 0 aromatic heterocycles. The first-order chi connectivity index (χ1) is 7.52. The van der Waals surface area contributed by atoms with Crippen LogP contribution >= 0.6 is 0 Å². The minimum atomic E-state index is -2.71. The third-order valence-electron chi connectivity index (χ3n) is 1.04. The Balaban J connectivity index is 5.42. The van der Waals surface area contributed by atoms with E-state index >= 15 is 0 Å². The SMILES string of the molecule is [2H]/C(CO)=C(\C([2H])([2H])[2H])C([2H])([2H])CC=C(C)C. The summed E-state index contributed by atoms with van der Waals surface area (Å²) in [6, 6.07) is -0.572. The van der Waals surface area contributed by atoms with Crippen molar-refractivity contribution in [2.24, 2.45) is 0 Å². The summed E-state index contributed by atoms with van der Waals surface area (Å²) in [4.78, 5) is 0. The van der Waals surface area contributed by atoms with Crippen molar-refractivity contribution >= 4 is 0 Å². The van der Waals surface area contributed by atoms with Crippen molar-refractivity contribution in [3.8, 4) is 0 Å². The molecule has 0 aliphatic rings. The number of hydrogen-bond acceptors (Lipinski definition) is 1. The Bertz CT molecular complexity index is 322. The fourth-order valence-corrected chi connectivity index (χ4v) is 0.499. The minimum absolute atomic E-state index is 0.120. The zero-order chi connectivity index (χ0) is 13.9. The first kappa shape index (κ1) is 3.90. The molecule has 0 bridgehead atoms. The molecule has 0 heterocycles. The van der Waals surface area contributed by atoms with Crippen molar-refractivity contribution in [2.75, 3.05) is 6.61 Å². The first-order valence-corrected chi connectivity index (χ1v) is 3.47. The van der Waals surface area contributed by atoms with Crippen LogP contribution in [0.25, 0.3) is 0 Å². The Morgan fingerprint density at radius 1 is 1.73 bits per heavy atom. The van der Waals surface area contributed by atoms with E-state index in [1.165, 1.54) is 0 Å². The van der Waals surface area contributed by atoms with Gasteiger partial charge >= 0.3 is 0 Å². The standard InChI is InChI=1S/C10H18O/c1-9(2)5-4-6-10(3)7-8-11/h5,7,11H,4,6,8H2,1-3H3/b10-7-/i3D3,6D2,7D. The Hall–Kier alpha value is -0.560. The predicted molar refractivity (Wildman–Crippen MR) is 49.5 cm³/mol. The van der Waals surface area contributed by atoms with Crippen LogP contribution in [0.1, 0.15) is 41.7 Å². The lowest BCUT2D eigenvalue weighted by Gasteiger charge is -1.96. The highest BCUT2D eigenvalue weighted by molar-refractivity contribution is 5.01. The molecule has 0 spiro atoms. The van der Waals surface area contributed by atoms with Crippen molar-refractivity contribution in [1.82, 2.24) is 0 Å². The van der Waals surface area contributed by atoms with E-state index in [1.807, 2.05) is 0 Å². The van der Waals surface area contributed by atoms with E-state index in [4.69, 9.17) is 13.3 Å². The third-order valence-corrected chi connectivity index (χ3v) is 1.04. The van der Waals surface area contributed by atoms with E-state index in [1.54, 1.807) is 19.9 Å². The predicted octanol–water partition coefficient (Wildman–Crippen LogP) is 2.67. The first-order valence-electron chi connectivity index (χ1n) is 6.47. The zero-order valence-electron chi connectivity index (χ0n) is 12.9. The van der Waals surface area contributed by atoms with Gasteiger partial charge in [0.25, 0.3) is 0 Å². The molecule has 0 aromatic carbocycles. The molecule has 0 rings (SSSR count). The average Bonchev–Trinajstić information content (AvgIpc) is 2.12. The Morgan fingerprint density at radius 2 is 2.45 bits per heavy atom. The van der Waals surface area contributed by atoms with Gasteiger partial charge in [-0.1, -0.05) is 23.3 Å². The van der Waals surface area contributed by atoms with E-state index in [9.17, 15) is 0 Å². The van der Waals surface area contributed by atoms with Gasteiger partial charge in [-0.05, 0) is 33.5 Å². The van der Waals surface area contributed by atoms with Gasteiger partial charge in [0.2, 0.25) is 0 Å². The van der Waals surface area contributed by atoms with Gasteiger partial charge < -0.3 is 5.11 Å². The van der Waals surface area contributed by atoms with Gasteiger partial charge in [0.05, 0.1) is 7.98 Å². The van der Waals surface area contributed by atoms with Gasteiger partial charge in [-0.15, -0.1) is 0 Å². The van der Waals surface area contributed by atoms with Crippen LogP contribution in [0.15, 0.2) is 23.3 Å². The second-order valence-corrected chi connectivity index (χ2v) is 2.37. The second-order valence-electron chi connectivity index (χ2n) is 2.37. The van der Waals surface area contributed by atoms with Crippen molar-refractivity contribution in [2.45, 2.75) is 33.5 Å². The van der Waals surface area contributed by atoms with E-state index in [-0.39, 0.29) is 6.42 Å². The smallest absolute Gasteiger partial charge is 0.0614 e. The van der Waals surface area contributed by atoms with Crippen LogP contribution in [-0.4, -0.2) is 11.7 Å². The molecule has 0 radical (unpaired) electrons. The topological polar surface area (TPSA) is 20.2 Å². The molecule has 64 valence electrons. The molecule has 0 saturated heterocycles. The summed E-state index contributed by atoms with van der Waals surface area (Å²) in [7, 11) is 0. The van der Waals surface area contributed by atoms with Crippen molar-refractivity contribution in [3.63, 3.8) is 0 Å². The van der Waals surface area contributed by atoms with Crippen LogP contribution in [0.5, 0.6) is 0 Å². The minimum Gasteiger partial charge on any atom is -0.392 e. The molecule has 11 heavy (non-hydrogen) atoms. The molecule has 0 aliphatic carbocycles. The molecule has 0 aromatic rings. The maximum Gasteiger partial charge on any atom is 0.0614 e. The highest BCUT2D eigenvalue weighted by atomic mass is 16.2. The molecule has 0 unspecified atom stereocenters. The van der Waals surface area contributed by atoms with Crippen LogP contribution in [0.3, 0.4) is 0 Å². The van der Waals surface area contributed by atoms with Crippen molar-refractivity contribution in [3.05, 3.63) is 23.3 Å².